The summed E-state index contributed by atoms with van der Waals surface area (Å²) in [6.07, 6.45) is 18.4. The molecule has 2 rings (SSSR count). The molecule has 0 spiro atoms. The van der Waals surface area contributed by atoms with Crippen LogP contribution in [0.5, 0.6) is 0 Å². The summed E-state index contributed by atoms with van der Waals surface area (Å²) in [7, 11) is 0. The zero-order valence-corrected chi connectivity index (χ0v) is 20.7. The third-order valence-electron chi connectivity index (χ3n) is 6.27. The van der Waals surface area contributed by atoms with E-state index in [1.54, 1.807) is 0 Å². The Morgan fingerprint density at radius 3 is 1.53 bits per heavy atom. The summed E-state index contributed by atoms with van der Waals surface area (Å²) >= 11 is 0. The van der Waals surface area contributed by atoms with Crippen LogP contribution in [0.15, 0.2) is 0 Å². The quantitative estimate of drug-likeness (QED) is 0.149. The van der Waals surface area contributed by atoms with E-state index < -0.39 is 0 Å². The summed E-state index contributed by atoms with van der Waals surface area (Å²) in [5.41, 5.74) is 0. The molecular weight excluding hydrogens is 406 g/mol. The number of rotatable bonds is 24. The van der Waals surface area contributed by atoms with Gasteiger partial charge in [0.15, 0.2) is 0 Å². The van der Waals surface area contributed by atoms with Gasteiger partial charge >= 0.3 is 0 Å². The number of carbonyl (C=O) groups is 1. The molecule has 0 aliphatic carbocycles. The van der Waals surface area contributed by atoms with Gasteiger partial charge in [0.1, 0.15) is 12.2 Å². The maximum absolute atomic E-state index is 12.7. The normalized spacial score (nSPS) is 19.3. The molecule has 2 heterocycles. The number of epoxide rings is 2. The lowest BCUT2D eigenvalue weighted by molar-refractivity contribution is -0.133. The molecule has 0 N–H and O–H groups in total. The van der Waals surface area contributed by atoms with Gasteiger partial charge in [-0.2, -0.15) is 0 Å². The molecule has 2 aliphatic rings. The van der Waals surface area contributed by atoms with Gasteiger partial charge < -0.3 is 23.8 Å². The zero-order chi connectivity index (χ0) is 22.7. The second-order valence-corrected chi connectivity index (χ2v) is 9.43. The van der Waals surface area contributed by atoms with E-state index in [0.29, 0.717) is 45.9 Å². The second kappa shape index (κ2) is 18.7. The van der Waals surface area contributed by atoms with Gasteiger partial charge in [-0.3, -0.25) is 4.79 Å². The minimum absolute atomic E-state index is 0.227. The number of ether oxygens (including phenoxy) is 4. The first-order valence-corrected chi connectivity index (χ1v) is 13.5. The van der Waals surface area contributed by atoms with Crippen LogP contribution >= 0.6 is 0 Å². The molecule has 188 valence electrons. The van der Waals surface area contributed by atoms with E-state index in [9.17, 15) is 4.79 Å². The van der Waals surface area contributed by atoms with Gasteiger partial charge in [-0.25, -0.2) is 0 Å². The molecule has 0 aromatic heterocycles. The molecule has 0 saturated carbocycles. The Labute approximate surface area is 196 Å². The minimum atomic E-state index is 0.227. The molecule has 0 bridgehead atoms. The van der Waals surface area contributed by atoms with Crippen LogP contribution in [0.1, 0.15) is 96.8 Å². The van der Waals surface area contributed by atoms with Gasteiger partial charge in [0, 0.05) is 19.5 Å². The third kappa shape index (κ3) is 16.0. The lowest BCUT2D eigenvalue weighted by Gasteiger charge is -2.22. The van der Waals surface area contributed by atoms with Crippen LogP contribution in [-0.2, 0) is 23.7 Å². The van der Waals surface area contributed by atoms with Crippen LogP contribution in [0.25, 0.3) is 0 Å². The summed E-state index contributed by atoms with van der Waals surface area (Å²) in [5, 5.41) is 0. The fraction of sp³-hybridized carbons (Fsp3) is 0.962. The van der Waals surface area contributed by atoms with Crippen molar-refractivity contribution in [3.63, 3.8) is 0 Å². The lowest BCUT2D eigenvalue weighted by atomic mass is 10.0. The van der Waals surface area contributed by atoms with Gasteiger partial charge in [-0.1, -0.05) is 84.0 Å². The predicted octanol–water partition coefficient (Wildman–Crippen LogP) is 5.13. The molecule has 2 atom stereocenters. The van der Waals surface area contributed by atoms with Crippen LogP contribution in [-0.4, -0.2) is 75.7 Å². The summed E-state index contributed by atoms with van der Waals surface area (Å²) in [5.74, 6) is 0.227. The first-order chi connectivity index (χ1) is 15.8. The Balaban J connectivity index is 1.43. The van der Waals surface area contributed by atoms with Gasteiger partial charge in [0.25, 0.3) is 0 Å². The first kappa shape index (κ1) is 27.6. The topological polar surface area (TPSA) is 63.8 Å². The summed E-state index contributed by atoms with van der Waals surface area (Å²) in [6.45, 7) is 7.55. The van der Waals surface area contributed by atoms with Crippen molar-refractivity contribution in [1.82, 2.24) is 4.90 Å². The maximum atomic E-state index is 12.7. The van der Waals surface area contributed by atoms with Crippen LogP contribution in [0.3, 0.4) is 0 Å². The van der Waals surface area contributed by atoms with E-state index in [0.717, 1.165) is 26.1 Å². The van der Waals surface area contributed by atoms with Crippen LogP contribution < -0.4 is 0 Å². The highest BCUT2D eigenvalue weighted by Crippen LogP contribution is 2.14. The predicted molar refractivity (Wildman–Crippen MR) is 128 cm³/mol. The molecule has 1 amide bonds. The van der Waals surface area contributed by atoms with Crippen LogP contribution in [0.2, 0.25) is 0 Å². The zero-order valence-electron chi connectivity index (χ0n) is 20.7. The molecule has 2 aliphatic heterocycles. The largest absolute Gasteiger partial charge is 0.377 e. The molecule has 2 fully saturated rings. The van der Waals surface area contributed by atoms with E-state index in [4.69, 9.17) is 18.9 Å². The Hall–Kier alpha value is -0.690. The van der Waals surface area contributed by atoms with E-state index >= 15 is 0 Å². The third-order valence-corrected chi connectivity index (χ3v) is 6.27. The molecule has 6 heteroatoms. The SMILES string of the molecule is CCCCCCCCCCCCCCCC(=O)N(CCOCC1CO1)CCOCC1CO1. The number of hydrogen-bond acceptors (Lipinski definition) is 5. The Morgan fingerprint density at radius 1 is 0.719 bits per heavy atom. The number of nitrogens with zero attached hydrogens (tertiary/aromatic N) is 1. The lowest BCUT2D eigenvalue weighted by Crippen LogP contribution is -2.37. The first-order valence-electron chi connectivity index (χ1n) is 13.5. The number of carbonyl (C=O) groups excluding carboxylic acids is 1. The van der Waals surface area contributed by atoms with Crippen molar-refractivity contribution in [3.05, 3.63) is 0 Å². The fourth-order valence-corrected chi connectivity index (χ4v) is 3.92. The number of unbranched alkanes of at least 4 members (excludes halogenated alkanes) is 12. The van der Waals surface area contributed by atoms with Crippen molar-refractivity contribution in [2.45, 2.75) is 109 Å². The summed E-state index contributed by atoms with van der Waals surface area (Å²) in [6, 6.07) is 0. The maximum Gasteiger partial charge on any atom is 0.222 e. The average molecular weight is 456 g/mol. The van der Waals surface area contributed by atoms with Crippen molar-refractivity contribution in [1.29, 1.82) is 0 Å². The monoisotopic (exact) mass is 455 g/mol. The number of hydrogen-bond donors (Lipinski definition) is 0. The molecule has 6 nitrogen and oxygen atoms in total. The fourth-order valence-electron chi connectivity index (χ4n) is 3.92. The van der Waals surface area contributed by atoms with E-state index in [-0.39, 0.29) is 18.1 Å². The van der Waals surface area contributed by atoms with Gasteiger partial charge in [0.05, 0.1) is 39.6 Å². The molecule has 2 unspecified atom stereocenters. The van der Waals surface area contributed by atoms with Crippen LogP contribution in [0, 0.1) is 0 Å². The summed E-state index contributed by atoms with van der Waals surface area (Å²) < 4.78 is 21.6. The van der Waals surface area contributed by atoms with Crippen molar-refractivity contribution in [2.24, 2.45) is 0 Å². The molecule has 0 aromatic carbocycles. The molecule has 0 aromatic rings. The van der Waals surface area contributed by atoms with Crippen molar-refractivity contribution in [2.75, 3.05) is 52.7 Å². The minimum Gasteiger partial charge on any atom is -0.377 e. The Bertz CT molecular complexity index is 433. The van der Waals surface area contributed by atoms with E-state index in [1.165, 1.54) is 70.6 Å². The smallest absolute Gasteiger partial charge is 0.222 e. The highest BCUT2D eigenvalue weighted by atomic mass is 16.6. The highest BCUT2D eigenvalue weighted by molar-refractivity contribution is 5.76. The average Bonchev–Trinajstić information content (AvgIpc) is 3.71. The molecule has 0 radical (unpaired) electrons. The standard InChI is InChI=1S/C26H49NO5/c1-2-3-4-5-6-7-8-9-10-11-12-13-14-15-26(28)27(16-18-29-20-24-22-31-24)17-19-30-21-25-23-32-25/h24-25H,2-23H2,1H3. The molecule has 32 heavy (non-hydrogen) atoms. The molecular formula is C26H49NO5. The van der Waals surface area contributed by atoms with Crippen molar-refractivity contribution < 1.29 is 23.7 Å². The van der Waals surface area contributed by atoms with Crippen molar-refractivity contribution in [3.8, 4) is 0 Å². The van der Waals surface area contributed by atoms with E-state index in [1.807, 2.05) is 4.90 Å². The van der Waals surface area contributed by atoms with Gasteiger partial charge in [-0.05, 0) is 6.42 Å². The second-order valence-electron chi connectivity index (χ2n) is 9.43. The highest BCUT2D eigenvalue weighted by Gasteiger charge is 2.23. The Morgan fingerprint density at radius 2 is 1.12 bits per heavy atom. The van der Waals surface area contributed by atoms with Gasteiger partial charge in [0.2, 0.25) is 5.91 Å². The summed E-state index contributed by atoms with van der Waals surface area (Å²) in [4.78, 5) is 14.6. The molecule has 2 saturated heterocycles. The Kier molecular flexibility index (Phi) is 16.1. The van der Waals surface area contributed by atoms with Gasteiger partial charge in [-0.15, -0.1) is 0 Å². The van der Waals surface area contributed by atoms with Crippen molar-refractivity contribution >= 4 is 5.91 Å². The van der Waals surface area contributed by atoms with E-state index in [2.05, 4.69) is 6.92 Å². The number of amides is 1. The van der Waals surface area contributed by atoms with Crippen LogP contribution in [0.4, 0.5) is 0 Å².